The average molecular weight is 412 g/mol. The number of nitrogens with zero attached hydrogens (tertiary/aromatic N) is 4. The highest BCUT2D eigenvalue weighted by Crippen LogP contribution is 2.28. The van der Waals surface area contributed by atoms with Gasteiger partial charge in [0.25, 0.3) is 0 Å². The lowest BCUT2D eigenvalue weighted by Crippen LogP contribution is -2.17. The number of thioether (sulfide) groups is 1. The predicted octanol–water partition coefficient (Wildman–Crippen LogP) is 3.12. The van der Waals surface area contributed by atoms with Gasteiger partial charge < -0.3 is 14.4 Å². The zero-order chi connectivity index (χ0) is 20.2. The fourth-order valence-electron chi connectivity index (χ4n) is 3.20. The summed E-state index contributed by atoms with van der Waals surface area (Å²) in [5, 5.41) is 12.6. The minimum absolute atomic E-state index is 0.0759. The van der Waals surface area contributed by atoms with Crippen LogP contribution in [0.2, 0.25) is 0 Å². The van der Waals surface area contributed by atoms with Gasteiger partial charge in [-0.2, -0.15) is 0 Å². The third kappa shape index (κ3) is 4.55. The molecule has 0 amide bonds. The van der Waals surface area contributed by atoms with E-state index < -0.39 is 0 Å². The molecule has 152 valence electrons. The lowest BCUT2D eigenvalue weighted by molar-refractivity contribution is 0.0534. The average Bonchev–Trinajstić information content (AvgIpc) is 3.42. The summed E-state index contributed by atoms with van der Waals surface area (Å²) in [5.74, 6) is 1.60. The van der Waals surface area contributed by atoms with E-state index in [0.717, 1.165) is 34.5 Å². The SMILES string of the molecule is COc1cccc(-n2cnnc2SC[C@H]2CN[C@H](c3ccc(N(C)C)cc3)O2)c1. The molecule has 0 aliphatic carbocycles. The summed E-state index contributed by atoms with van der Waals surface area (Å²) < 4.78 is 13.5. The second-order valence-corrected chi connectivity index (χ2v) is 8.02. The van der Waals surface area contributed by atoms with E-state index in [1.54, 1.807) is 25.2 Å². The van der Waals surface area contributed by atoms with Crippen molar-refractivity contribution in [2.45, 2.75) is 17.5 Å². The first-order chi connectivity index (χ1) is 14.1. The minimum atomic E-state index is -0.0759. The second kappa shape index (κ2) is 8.86. The molecule has 0 saturated carbocycles. The summed E-state index contributed by atoms with van der Waals surface area (Å²) in [5.41, 5.74) is 3.29. The molecule has 3 aromatic rings. The Morgan fingerprint density at radius 1 is 1.24 bits per heavy atom. The third-order valence-electron chi connectivity index (χ3n) is 4.82. The van der Waals surface area contributed by atoms with Crippen molar-refractivity contribution < 1.29 is 9.47 Å². The monoisotopic (exact) mass is 411 g/mol. The summed E-state index contributed by atoms with van der Waals surface area (Å²) in [6.45, 7) is 0.806. The highest BCUT2D eigenvalue weighted by molar-refractivity contribution is 7.99. The van der Waals surface area contributed by atoms with Gasteiger partial charge in [-0.1, -0.05) is 30.0 Å². The first-order valence-corrected chi connectivity index (χ1v) is 10.5. The van der Waals surface area contributed by atoms with Crippen molar-refractivity contribution in [1.29, 1.82) is 0 Å². The van der Waals surface area contributed by atoms with Gasteiger partial charge in [-0.15, -0.1) is 10.2 Å². The molecule has 2 atom stereocenters. The van der Waals surface area contributed by atoms with Gasteiger partial charge in [-0.05, 0) is 29.8 Å². The van der Waals surface area contributed by atoms with Gasteiger partial charge in [-0.25, -0.2) is 0 Å². The number of nitrogens with one attached hydrogen (secondary N) is 1. The highest BCUT2D eigenvalue weighted by Gasteiger charge is 2.26. The molecule has 0 bridgehead atoms. The van der Waals surface area contributed by atoms with Crippen LogP contribution in [0.5, 0.6) is 5.75 Å². The minimum Gasteiger partial charge on any atom is -0.497 e. The quantitative estimate of drug-likeness (QED) is 0.599. The Hall–Kier alpha value is -2.55. The molecule has 1 aliphatic heterocycles. The van der Waals surface area contributed by atoms with E-state index in [9.17, 15) is 0 Å². The van der Waals surface area contributed by atoms with Crippen LogP contribution in [-0.4, -0.2) is 54.4 Å². The van der Waals surface area contributed by atoms with Gasteiger partial charge in [0.15, 0.2) is 5.16 Å². The number of hydrogen-bond acceptors (Lipinski definition) is 7. The molecule has 29 heavy (non-hydrogen) atoms. The van der Waals surface area contributed by atoms with Crippen LogP contribution in [0, 0.1) is 0 Å². The molecule has 1 aliphatic rings. The molecular formula is C21H25N5O2S. The molecule has 1 fully saturated rings. The van der Waals surface area contributed by atoms with Crippen molar-refractivity contribution in [2.75, 3.05) is 38.4 Å². The van der Waals surface area contributed by atoms with E-state index in [1.165, 1.54) is 5.69 Å². The first-order valence-electron chi connectivity index (χ1n) is 9.47. The predicted molar refractivity (Wildman–Crippen MR) is 115 cm³/mol. The van der Waals surface area contributed by atoms with Crippen LogP contribution in [0.25, 0.3) is 5.69 Å². The maximum Gasteiger partial charge on any atom is 0.195 e. The van der Waals surface area contributed by atoms with Crippen LogP contribution in [0.1, 0.15) is 11.8 Å². The molecule has 0 radical (unpaired) electrons. The maximum absolute atomic E-state index is 6.21. The number of hydrogen-bond donors (Lipinski definition) is 1. The second-order valence-electron chi connectivity index (χ2n) is 7.03. The number of methoxy groups -OCH3 is 1. The fraction of sp³-hybridized carbons (Fsp3) is 0.333. The Bertz CT molecular complexity index is 944. The van der Waals surface area contributed by atoms with Crippen LogP contribution in [0.3, 0.4) is 0 Å². The van der Waals surface area contributed by atoms with Crippen LogP contribution in [-0.2, 0) is 4.74 Å². The zero-order valence-corrected chi connectivity index (χ0v) is 17.6. The molecule has 1 N–H and O–H groups in total. The van der Waals surface area contributed by atoms with Crippen LogP contribution in [0.15, 0.2) is 60.0 Å². The van der Waals surface area contributed by atoms with Gasteiger partial charge in [0.2, 0.25) is 0 Å². The summed E-state index contributed by atoms with van der Waals surface area (Å²) in [6, 6.07) is 16.3. The highest BCUT2D eigenvalue weighted by atomic mass is 32.2. The first kappa shape index (κ1) is 19.8. The Morgan fingerprint density at radius 3 is 2.83 bits per heavy atom. The molecule has 1 aromatic heterocycles. The standard InChI is InChI=1S/C21H25N5O2S/c1-25(2)16-9-7-15(8-10-16)20-22-12-19(28-20)13-29-21-24-23-14-26(21)17-5-4-6-18(11-17)27-3/h4-11,14,19-20,22H,12-13H2,1-3H3/t19-,20+/m1/s1. The van der Waals surface area contributed by atoms with E-state index in [1.807, 2.05) is 42.9 Å². The fourth-order valence-corrected chi connectivity index (χ4v) is 4.12. The number of rotatable bonds is 7. The maximum atomic E-state index is 6.21. The number of aromatic nitrogens is 3. The van der Waals surface area contributed by atoms with Gasteiger partial charge in [0.05, 0.1) is 18.9 Å². The van der Waals surface area contributed by atoms with Crippen LogP contribution >= 0.6 is 11.8 Å². The van der Waals surface area contributed by atoms with E-state index in [-0.39, 0.29) is 12.3 Å². The number of benzene rings is 2. The summed E-state index contributed by atoms with van der Waals surface area (Å²) >= 11 is 1.64. The van der Waals surface area contributed by atoms with E-state index in [4.69, 9.17) is 9.47 Å². The Balaban J connectivity index is 1.37. The van der Waals surface area contributed by atoms with Crippen molar-refractivity contribution in [1.82, 2.24) is 20.1 Å². The Morgan fingerprint density at radius 2 is 2.07 bits per heavy atom. The third-order valence-corrected chi connectivity index (χ3v) is 5.89. The molecule has 4 rings (SSSR count). The molecule has 2 aromatic carbocycles. The van der Waals surface area contributed by atoms with Crippen molar-refractivity contribution in [3.8, 4) is 11.4 Å². The van der Waals surface area contributed by atoms with Gasteiger partial charge >= 0.3 is 0 Å². The van der Waals surface area contributed by atoms with Crippen molar-refractivity contribution >= 4 is 17.4 Å². The summed E-state index contributed by atoms with van der Waals surface area (Å²) in [6.07, 6.45) is 1.75. The zero-order valence-electron chi connectivity index (χ0n) is 16.8. The summed E-state index contributed by atoms with van der Waals surface area (Å²) in [4.78, 5) is 2.09. The van der Waals surface area contributed by atoms with Crippen molar-refractivity contribution in [3.05, 3.63) is 60.4 Å². The topological polar surface area (TPSA) is 64.4 Å². The van der Waals surface area contributed by atoms with Gasteiger partial charge in [-0.3, -0.25) is 9.88 Å². The molecule has 2 heterocycles. The van der Waals surface area contributed by atoms with Crippen molar-refractivity contribution in [2.24, 2.45) is 0 Å². The molecular weight excluding hydrogens is 386 g/mol. The molecule has 0 spiro atoms. The van der Waals surface area contributed by atoms with Gasteiger partial charge in [0, 0.05) is 38.1 Å². The van der Waals surface area contributed by atoms with Crippen LogP contribution < -0.4 is 15.0 Å². The van der Waals surface area contributed by atoms with Gasteiger partial charge in [0.1, 0.15) is 18.3 Å². The normalized spacial score (nSPS) is 18.7. The smallest absolute Gasteiger partial charge is 0.195 e. The molecule has 8 heteroatoms. The summed E-state index contributed by atoms with van der Waals surface area (Å²) in [7, 11) is 5.74. The van der Waals surface area contributed by atoms with E-state index >= 15 is 0 Å². The van der Waals surface area contributed by atoms with Crippen LogP contribution in [0.4, 0.5) is 5.69 Å². The molecule has 0 unspecified atom stereocenters. The van der Waals surface area contributed by atoms with E-state index in [2.05, 4.69) is 44.7 Å². The van der Waals surface area contributed by atoms with Crippen molar-refractivity contribution in [3.63, 3.8) is 0 Å². The molecule has 1 saturated heterocycles. The molecule has 7 nitrogen and oxygen atoms in total. The Kier molecular flexibility index (Phi) is 6.03. The van der Waals surface area contributed by atoms with E-state index in [0.29, 0.717) is 0 Å². The lowest BCUT2D eigenvalue weighted by atomic mass is 10.2. The lowest BCUT2D eigenvalue weighted by Gasteiger charge is -2.16. The number of ether oxygens (including phenoxy) is 2. The largest absolute Gasteiger partial charge is 0.497 e. The number of anilines is 1. The Labute approximate surface area is 175 Å².